The summed E-state index contributed by atoms with van der Waals surface area (Å²) in [7, 11) is 2.08. The SMILES string of the molecule is CN1CC(Nc2nc(Cl)ncc2Br)C1. The van der Waals surface area contributed by atoms with Gasteiger partial charge in [-0.3, -0.25) is 0 Å². The number of nitrogens with zero attached hydrogens (tertiary/aromatic N) is 3. The fraction of sp³-hybridized carbons (Fsp3) is 0.500. The molecule has 1 aliphatic heterocycles. The predicted molar refractivity (Wildman–Crippen MR) is 59.6 cm³/mol. The van der Waals surface area contributed by atoms with E-state index in [1.807, 2.05) is 0 Å². The lowest BCUT2D eigenvalue weighted by atomic mass is 10.1. The average Bonchev–Trinajstić information content (AvgIpc) is 2.09. The van der Waals surface area contributed by atoms with Crippen LogP contribution in [-0.2, 0) is 0 Å². The molecule has 1 aliphatic rings. The number of nitrogens with one attached hydrogen (secondary N) is 1. The van der Waals surface area contributed by atoms with Crippen molar-refractivity contribution in [2.24, 2.45) is 0 Å². The fourth-order valence-corrected chi connectivity index (χ4v) is 1.87. The van der Waals surface area contributed by atoms with Crippen LogP contribution in [0, 0.1) is 0 Å². The first-order valence-electron chi connectivity index (χ1n) is 4.28. The van der Waals surface area contributed by atoms with E-state index in [0.29, 0.717) is 6.04 Å². The van der Waals surface area contributed by atoms with E-state index in [-0.39, 0.29) is 5.28 Å². The molecule has 0 amide bonds. The first-order chi connectivity index (χ1) is 6.65. The molecule has 0 aliphatic carbocycles. The molecule has 1 aromatic rings. The zero-order valence-electron chi connectivity index (χ0n) is 7.67. The zero-order valence-corrected chi connectivity index (χ0v) is 10.0. The van der Waals surface area contributed by atoms with Crippen LogP contribution in [-0.4, -0.2) is 41.0 Å². The number of hydrogen-bond acceptors (Lipinski definition) is 4. The van der Waals surface area contributed by atoms with Gasteiger partial charge in [0.15, 0.2) is 0 Å². The number of hydrogen-bond donors (Lipinski definition) is 1. The van der Waals surface area contributed by atoms with E-state index in [4.69, 9.17) is 11.6 Å². The van der Waals surface area contributed by atoms with Crippen LogP contribution in [0.5, 0.6) is 0 Å². The Morgan fingerprint density at radius 2 is 2.36 bits per heavy atom. The highest BCUT2D eigenvalue weighted by Crippen LogP contribution is 2.22. The first-order valence-corrected chi connectivity index (χ1v) is 5.45. The van der Waals surface area contributed by atoms with E-state index in [1.54, 1.807) is 6.20 Å². The van der Waals surface area contributed by atoms with Gasteiger partial charge in [-0.2, -0.15) is 4.98 Å². The molecule has 1 N–H and O–H groups in total. The van der Waals surface area contributed by atoms with Crippen molar-refractivity contribution in [3.8, 4) is 0 Å². The molecule has 4 nitrogen and oxygen atoms in total. The molecular weight excluding hydrogens is 267 g/mol. The summed E-state index contributed by atoms with van der Waals surface area (Å²) in [6, 6.07) is 0.460. The van der Waals surface area contributed by atoms with Crippen LogP contribution in [0.15, 0.2) is 10.7 Å². The number of rotatable bonds is 2. The molecule has 1 aromatic heterocycles. The molecule has 0 atom stereocenters. The Kier molecular flexibility index (Phi) is 2.90. The zero-order chi connectivity index (χ0) is 10.1. The summed E-state index contributed by atoms with van der Waals surface area (Å²) in [5.41, 5.74) is 0. The average molecular weight is 278 g/mol. The topological polar surface area (TPSA) is 41.0 Å². The molecular formula is C8H10BrClN4. The highest BCUT2D eigenvalue weighted by molar-refractivity contribution is 9.10. The van der Waals surface area contributed by atoms with Gasteiger partial charge in [0.25, 0.3) is 0 Å². The van der Waals surface area contributed by atoms with Gasteiger partial charge in [-0.25, -0.2) is 4.98 Å². The molecule has 2 rings (SSSR count). The van der Waals surface area contributed by atoms with Crippen molar-refractivity contribution in [3.05, 3.63) is 16.0 Å². The molecule has 1 saturated heterocycles. The van der Waals surface area contributed by atoms with Crippen LogP contribution >= 0.6 is 27.5 Å². The van der Waals surface area contributed by atoms with Gasteiger partial charge < -0.3 is 10.2 Å². The molecule has 0 bridgehead atoms. The number of aromatic nitrogens is 2. The fourth-order valence-electron chi connectivity index (χ4n) is 1.43. The van der Waals surface area contributed by atoms with Gasteiger partial charge in [-0.05, 0) is 34.6 Å². The standard InChI is InChI=1S/C8H10BrClN4/c1-14-3-5(4-14)12-7-6(9)2-11-8(10)13-7/h2,5H,3-4H2,1H3,(H,11,12,13). The van der Waals surface area contributed by atoms with Crippen molar-refractivity contribution in [1.82, 2.24) is 14.9 Å². The summed E-state index contributed by atoms with van der Waals surface area (Å²) in [5, 5.41) is 3.56. The highest BCUT2D eigenvalue weighted by atomic mass is 79.9. The van der Waals surface area contributed by atoms with Crippen LogP contribution in [0.2, 0.25) is 5.28 Å². The minimum Gasteiger partial charge on any atom is -0.364 e. The van der Waals surface area contributed by atoms with Gasteiger partial charge in [0.05, 0.1) is 10.5 Å². The number of anilines is 1. The maximum Gasteiger partial charge on any atom is 0.224 e. The summed E-state index contributed by atoms with van der Waals surface area (Å²) in [6.07, 6.45) is 1.65. The molecule has 0 saturated carbocycles. The molecule has 76 valence electrons. The third-order valence-corrected chi connectivity index (χ3v) is 2.88. The summed E-state index contributed by atoms with van der Waals surface area (Å²) < 4.78 is 0.844. The third-order valence-electron chi connectivity index (χ3n) is 2.12. The van der Waals surface area contributed by atoms with E-state index in [1.165, 1.54) is 0 Å². The van der Waals surface area contributed by atoms with Crippen LogP contribution in [0.4, 0.5) is 5.82 Å². The van der Waals surface area contributed by atoms with Crippen molar-refractivity contribution >= 4 is 33.3 Å². The first kappa shape index (κ1) is 10.1. The molecule has 0 spiro atoms. The Bertz CT molecular complexity index is 340. The highest BCUT2D eigenvalue weighted by Gasteiger charge is 2.23. The van der Waals surface area contributed by atoms with E-state index >= 15 is 0 Å². The van der Waals surface area contributed by atoms with Crippen LogP contribution in [0.1, 0.15) is 0 Å². The lowest BCUT2D eigenvalue weighted by molar-refractivity contribution is 0.205. The molecule has 0 unspecified atom stereocenters. The van der Waals surface area contributed by atoms with Crippen molar-refractivity contribution in [3.63, 3.8) is 0 Å². The molecule has 0 radical (unpaired) electrons. The van der Waals surface area contributed by atoms with Crippen molar-refractivity contribution in [2.45, 2.75) is 6.04 Å². The van der Waals surface area contributed by atoms with Gasteiger partial charge in [0.2, 0.25) is 5.28 Å². The monoisotopic (exact) mass is 276 g/mol. The number of likely N-dealkylation sites (tertiary alicyclic amines) is 1. The Labute approximate surface area is 95.8 Å². The maximum atomic E-state index is 5.70. The van der Waals surface area contributed by atoms with Crippen molar-refractivity contribution in [2.75, 3.05) is 25.5 Å². The van der Waals surface area contributed by atoms with E-state index in [0.717, 1.165) is 23.4 Å². The Balaban J connectivity index is 2.05. The summed E-state index contributed by atoms with van der Waals surface area (Å²) >= 11 is 9.06. The third kappa shape index (κ3) is 2.16. The van der Waals surface area contributed by atoms with Gasteiger partial charge >= 0.3 is 0 Å². The smallest absolute Gasteiger partial charge is 0.224 e. The second-order valence-electron chi connectivity index (χ2n) is 3.40. The second kappa shape index (κ2) is 4.00. The number of likely N-dealkylation sites (N-methyl/N-ethyl adjacent to an activating group) is 1. The summed E-state index contributed by atoms with van der Waals surface area (Å²) in [5.74, 6) is 0.767. The van der Waals surface area contributed by atoms with Gasteiger partial charge in [-0.15, -0.1) is 0 Å². The minimum atomic E-state index is 0.267. The van der Waals surface area contributed by atoms with E-state index in [9.17, 15) is 0 Å². The van der Waals surface area contributed by atoms with E-state index < -0.39 is 0 Å². The predicted octanol–water partition coefficient (Wildman–Crippen LogP) is 1.62. The Morgan fingerprint density at radius 1 is 1.64 bits per heavy atom. The quantitative estimate of drug-likeness (QED) is 0.834. The molecule has 2 heterocycles. The summed E-state index contributed by atoms with van der Waals surface area (Å²) in [4.78, 5) is 10.2. The lowest BCUT2D eigenvalue weighted by Gasteiger charge is -2.36. The molecule has 1 fully saturated rings. The molecule has 0 aromatic carbocycles. The lowest BCUT2D eigenvalue weighted by Crippen LogP contribution is -2.52. The van der Waals surface area contributed by atoms with Crippen LogP contribution in [0.3, 0.4) is 0 Å². The Hall–Kier alpha value is -0.390. The van der Waals surface area contributed by atoms with Crippen LogP contribution < -0.4 is 5.32 Å². The maximum absolute atomic E-state index is 5.70. The van der Waals surface area contributed by atoms with Crippen LogP contribution in [0.25, 0.3) is 0 Å². The second-order valence-corrected chi connectivity index (χ2v) is 4.59. The van der Waals surface area contributed by atoms with Gasteiger partial charge in [0.1, 0.15) is 5.82 Å². The van der Waals surface area contributed by atoms with Crippen molar-refractivity contribution in [1.29, 1.82) is 0 Å². The van der Waals surface area contributed by atoms with Gasteiger partial charge in [0, 0.05) is 19.3 Å². The molecule has 6 heteroatoms. The minimum absolute atomic E-state index is 0.267. The van der Waals surface area contributed by atoms with E-state index in [2.05, 4.69) is 43.2 Å². The number of halogens is 2. The van der Waals surface area contributed by atoms with Crippen molar-refractivity contribution < 1.29 is 0 Å². The normalized spacial score (nSPS) is 17.9. The Morgan fingerprint density at radius 3 is 3.00 bits per heavy atom. The largest absolute Gasteiger partial charge is 0.364 e. The molecule has 14 heavy (non-hydrogen) atoms. The van der Waals surface area contributed by atoms with Gasteiger partial charge in [-0.1, -0.05) is 0 Å². The summed E-state index contributed by atoms with van der Waals surface area (Å²) in [6.45, 7) is 2.07.